The third kappa shape index (κ3) is 3.17. The van der Waals surface area contributed by atoms with Gasteiger partial charge < -0.3 is 5.32 Å². The lowest BCUT2D eigenvalue weighted by Gasteiger charge is -2.16. The summed E-state index contributed by atoms with van der Waals surface area (Å²) in [6.07, 6.45) is 0.916. The van der Waals surface area contributed by atoms with Gasteiger partial charge in [-0.25, -0.2) is 0 Å². The summed E-state index contributed by atoms with van der Waals surface area (Å²) in [7, 11) is 0. The lowest BCUT2D eigenvalue weighted by atomic mass is 10.1. The predicted molar refractivity (Wildman–Crippen MR) is 85.3 cm³/mol. The Balaban J connectivity index is 1.62. The van der Waals surface area contributed by atoms with Gasteiger partial charge in [-0.15, -0.1) is 0 Å². The summed E-state index contributed by atoms with van der Waals surface area (Å²) < 4.78 is 0. The van der Waals surface area contributed by atoms with Gasteiger partial charge in [0.2, 0.25) is 5.91 Å². The summed E-state index contributed by atoms with van der Waals surface area (Å²) >= 11 is 0. The van der Waals surface area contributed by atoms with Crippen LogP contribution in [0.2, 0.25) is 0 Å². The lowest BCUT2D eigenvalue weighted by Crippen LogP contribution is -2.36. The molecule has 1 N–H and O–H groups in total. The molecule has 3 rings (SSSR count). The number of rotatable bonds is 5. The Labute approximate surface area is 129 Å². The molecule has 0 aliphatic carbocycles. The molecule has 4 nitrogen and oxygen atoms in total. The topological polar surface area (TPSA) is 49.4 Å². The van der Waals surface area contributed by atoms with E-state index < -0.39 is 6.04 Å². The fourth-order valence-electron chi connectivity index (χ4n) is 2.65. The largest absolute Gasteiger partial charge is 0.373 e. The van der Waals surface area contributed by atoms with E-state index in [1.165, 1.54) is 4.90 Å². The molecule has 1 aliphatic heterocycles. The average Bonchev–Trinajstić information content (AvgIpc) is 2.81. The molecule has 22 heavy (non-hydrogen) atoms. The Kier molecular flexibility index (Phi) is 4.19. The van der Waals surface area contributed by atoms with E-state index in [0.29, 0.717) is 13.0 Å². The first kappa shape index (κ1) is 14.3. The molecule has 0 unspecified atom stereocenters. The van der Waals surface area contributed by atoms with Crippen molar-refractivity contribution >= 4 is 17.5 Å². The van der Waals surface area contributed by atoms with E-state index in [4.69, 9.17) is 0 Å². The number of likely N-dealkylation sites (tertiary alicyclic amines) is 1. The molecule has 112 valence electrons. The molecule has 0 spiro atoms. The molecule has 4 heteroatoms. The van der Waals surface area contributed by atoms with E-state index in [0.717, 1.165) is 11.3 Å². The summed E-state index contributed by atoms with van der Waals surface area (Å²) in [5, 5.41) is 3.14. The molecule has 2 aromatic rings. The number of nitrogens with one attached hydrogen (secondary N) is 1. The van der Waals surface area contributed by atoms with Crippen molar-refractivity contribution in [2.45, 2.75) is 18.9 Å². The Morgan fingerprint density at radius 1 is 0.955 bits per heavy atom. The smallest absolute Gasteiger partial charge is 0.252 e. The maximum atomic E-state index is 12.4. The number of nitrogens with zero attached hydrogens (tertiary/aromatic N) is 1. The van der Waals surface area contributed by atoms with Gasteiger partial charge in [0, 0.05) is 12.2 Å². The number of carbonyl (C=O) groups excluding carboxylic acids is 2. The third-order valence-corrected chi connectivity index (χ3v) is 3.83. The number of carbonyl (C=O) groups is 2. The Morgan fingerprint density at radius 2 is 1.59 bits per heavy atom. The van der Waals surface area contributed by atoms with Crippen molar-refractivity contribution in [2.75, 3.05) is 11.9 Å². The molecular weight excluding hydrogens is 276 g/mol. The fourth-order valence-corrected chi connectivity index (χ4v) is 2.65. The highest BCUT2D eigenvalue weighted by Crippen LogP contribution is 2.18. The molecule has 1 saturated heterocycles. The zero-order valence-corrected chi connectivity index (χ0v) is 12.2. The van der Waals surface area contributed by atoms with Gasteiger partial charge in [0.15, 0.2) is 0 Å². The summed E-state index contributed by atoms with van der Waals surface area (Å²) in [5.41, 5.74) is 1.99. The third-order valence-electron chi connectivity index (χ3n) is 3.83. The number of hydrogen-bond acceptors (Lipinski definition) is 3. The van der Waals surface area contributed by atoms with Crippen LogP contribution in [0, 0.1) is 0 Å². The van der Waals surface area contributed by atoms with E-state index in [1.54, 1.807) is 0 Å². The number of para-hydroxylation sites is 1. The highest BCUT2D eigenvalue weighted by Gasteiger charge is 2.38. The van der Waals surface area contributed by atoms with Crippen LogP contribution in [-0.4, -0.2) is 29.3 Å². The number of hydrogen-bond donors (Lipinski definition) is 1. The van der Waals surface area contributed by atoms with Gasteiger partial charge in [0.05, 0.1) is 6.42 Å². The Morgan fingerprint density at radius 3 is 2.27 bits per heavy atom. The van der Waals surface area contributed by atoms with Crippen molar-refractivity contribution in [3.63, 3.8) is 0 Å². The first-order valence-electron chi connectivity index (χ1n) is 7.44. The molecular formula is C18H18N2O2. The van der Waals surface area contributed by atoms with Crippen LogP contribution < -0.4 is 5.32 Å². The molecule has 1 heterocycles. The van der Waals surface area contributed by atoms with Crippen molar-refractivity contribution in [1.82, 2.24) is 4.90 Å². The van der Waals surface area contributed by atoms with E-state index in [-0.39, 0.29) is 18.2 Å². The van der Waals surface area contributed by atoms with Crippen LogP contribution in [-0.2, 0) is 16.0 Å². The molecule has 0 radical (unpaired) electrons. The minimum atomic E-state index is -0.453. The van der Waals surface area contributed by atoms with Crippen molar-refractivity contribution in [3.8, 4) is 0 Å². The van der Waals surface area contributed by atoms with Crippen LogP contribution in [0.15, 0.2) is 60.7 Å². The summed E-state index contributed by atoms with van der Waals surface area (Å²) in [6, 6.07) is 18.9. The van der Waals surface area contributed by atoms with Crippen LogP contribution in [0.1, 0.15) is 12.0 Å². The van der Waals surface area contributed by atoms with Gasteiger partial charge in [-0.3, -0.25) is 14.5 Å². The number of benzene rings is 2. The standard InChI is InChI=1S/C18H18N2O2/c21-17-13-16(19-15-9-5-2-6-10-15)18(22)20(17)12-11-14-7-3-1-4-8-14/h1-10,16,19H,11-13H2/t16-/m0/s1. The predicted octanol–water partition coefficient (Wildman–Crippen LogP) is 2.47. The second-order valence-corrected chi connectivity index (χ2v) is 5.39. The van der Waals surface area contributed by atoms with Gasteiger partial charge in [-0.05, 0) is 24.1 Å². The molecule has 0 bridgehead atoms. The zero-order chi connectivity index (χ0) is 15.4. The van der Waals surface area contributed by atoms with Gasteiger partial charge in [-0.1, -0.05) is 48.5 Å². The first-order chi connectivity index (χ1) is 10.7. The van der Waals surface area contributed by atoms with Crippen LogP contribution >= 0.6 is 0 Å². The quantitative estimate of drug-likeness (QED) is 0.862. The molecule has 2 amide bonds. The molecule has 1 fully saturated rings. The first-order valence-corrected chi connectivity index (χ1v) is 7.44. The summed E-state index contributed by atoms with van der Waals surface area (Å²) in [4.78, 5) is 25.8. The maximum absolute atomic E-state index is 12.4. The van der Waals surface area contributed by atoms with Crippen LogP contribution in [0.4, 0.5) is 5.69 Å². The molecule has 1 atom stereocenters. The van der Waals surface area contributed by atoms with E-state index in [2.05, 4.69) is 5.32 Å². The Bertz CT molecular complexity index is 655. The zero-order valence-electron chi connectivity index (χ0n) is 12.2. The average molecular weight is 294 g/mol. The van der Waals surface area contributed by atoms with Crippen LogP contribution in [0.25, 0.3) is 0 Å². The minimum absolute atomic E-state index is 0.102. The van der Waals surface area contributed by atoms with Crippen LogP contribution in [0.3, 0.4) is 0 Å². The van der Waals surface area contributed by atoms with Gasteiger partial charge in [-0.2, -0.15) is 0 Å². The molecule has 0 aromatic heterocycles. The highest BCUT2D eigenvalue weighted by atomic mass is 16.2. The van der Waals surface area contributed by atoms with E-state index in [1.807, 2.05) is 60.7 Å². The van der Waals surface area contributed by atoms with Crippen molar-refractivity contribution in [3.05, 3.63) is 66.2 Å². The summed E-state index contributed by atoms with van der Waals surface area (Å²) in [5.74, 6) is -0.237. The highest BCUT2D eigenvalue weighted by molar-refractivity contribution is 6.06. The SMILES string of the molecule is O=C1C[C@H](Nc2ccccc2)C(=O)N1CCc1ccccc1. The number of amides is 2. The normalized spacial score (nSPS) is 17.8. The fraction of sp³-hybridized carbons (Fsp3) is 0.222. The van der Waals surface area contributed by atoms with E-state index in [9.17, 15) is 9.59 Å². The molecule has 0 saturated carbocycles. The number of anilines is 1. The lowest BCUT2D eigenvalue weighted by molar-refractivity contribution is -0.138. The number of imide groups is 1. The van der Waals surface area contributed by atoms with Gasteiger partial charge in [0.25, 0.3) is 5.91 Å². The van der Waals surface area contributed by atoms with Crippen LogP contribution in [0.5, 0.6) is 0 Å². The van der Waals surface area contributed by atoms with E-state index >= 15 is 0 Å². The second kappa shape index (κ2) is 6.43. The monoisotopic (exact) mass is 294 g/mol. The summed E-state index contributed by atoms with van der Waals surface area (Å²) in [6.45, 7) is 0.439. The maximum Gasteiger partial charge on any atom is 0.252 e. The van der Waals surface area contributed by atoms with Gasteiger partial charge in [0.1, 0.15) is 6.04 Å². The van der Waals surface area contributed by atoms with Crippen molar-refractivity contribution < 1.29 is 9.59 Å². The second-order valence-electron chi connectivity index (χ2n) is 5.39. The molecule has 1 aliphatic rings. The van der Waals surface area contributed by atoms with Gasteiger partial charge >= 0.3 is 0 Å². The van der Waals surface area contributed by atoms with Crippen molar-refractivity contribution in [2.24, 2.45) is 0 Å². The van der Waals surface area contributed by atoms with Crippen molar-refractivity contribution in [1.29, 1.82) is 0 Å². The Hall–Kier alpha value is -2.62. The molecule has 2 aromatic carbocycles. The minimum Gasteiger partial charge on any atom is -0.373 e.